The number of carboxylic acids is 1. The molecule has 0 bridgehead atoms. The number of alkyl halides is 3. The van der Waals surface area contributed by atoms with Crippen molar-refractivity contribution in [3.05, 3.63) is 60.4 Å². The molecule has 0 spiro atoms. The van der Waals surface area contributed by atoms with Crippen LogP contribution in [-0.4, -0.2) is 52.3 Å². The number of aromatic nitrogens is 6. The fourth-order valence-corrected chi connectivity index (χ4v) is 2.97. The number of aliphatic carboxylic acids is 1. The number of carbonyl (C=O) groups excluding carboxylic acids is 1. The Morgan fingerprint density at radius 1 is 1.15 bits per heavy atom. The van der Waals surface area contributed by atoms with Crippen LogP contribution in [-0.2, 0) is 4.79 Å². The van der Waals surface area contributed by atoms with Crippen LogP contribution in [0.4, 0.5) is 19.0 Å². The lowest BCUT2D eigenvalue weighted by Crippen LogP contribution is -2.21. The molecule has 13 heteroatoms. The van der Waals surface area contributed by atoms with Crippen molar-refractivity contribution in [3.63, 3.8) is 0 Å². The summed E-state index contributed by atoms with van der Waals surface area (Å²) < 4.78 is 35.5. The number of fused-ring (bicyclic) bond motifs is 1. The first-order chi connectivity index (χ1) is 16.0. The van der Waals surface area contributed by atoms with E-state index in [0.717, 1.165) is 11.3 Å². The van der Waals surface area contributed by atoms with Crippen molar-refractivity contribution in [1.82, 2.24) is 29.1 Å². The Hall–Kier alpha value is -4.29. The fraction of sp³-hybridized carbons (Fsp3) is 0.238. The maximum absolute atomic E-state index is 12.9. The summed E-state index contributed by atoms with van der Waals surface area (Å²) in [5, 5.41) is 14.3. The van der Waals surface area contributed by atoms with Gasteiger partial charge in [-0.3, -0.25) is 18.9 Å². The fourth-order valence-electron chi connectivity index (χ4n) is 2.97. The van der Waals surface area contributed by atoms with E-state index in [2.05, 4.69) is 25.4 Å². The number of amides is 1. The molecule has 0 aromatic carbocycles. The maximum atomic E-state index is 12.9. The van der Waals surface area contributed by atoms with Crippen LogP contribution in [0.3, 0.4) is 0 Å². The summed E-state index contributed by atoms with van der Waals surface area (Å²) >= 11 is 0. The molecule has 0 aliphatic heterocycles. The van der Waals surface area contributed by atoms with E-state index in [0.29, 0.717) is 22.9 Å². The molecule has 0 saturated heterocycles. The van der Waals surface area contributed by atoms with E-state index in [-0.39, 0.29) is 11.9 Å². The highest BCUT2D eigenvalue weighted by molar-refractivity contribution is 6.07. The zero-order valence-corrected chi connectivity index (χ0v) is 18.3. The first kappa shape index (κ1) is 24.4. The number of hydrogen-bond acceptors (Lipinski definition) is 6. The molecule has 4 aromatic heterocycles. The molecule has 4 rings (SSSR count). The lowest BCUT2D eigenvalue weighted by molar-refractivity contribution is -0.192. The van der Waals surface area contributed by atoms with Crippen LogP contribution in [0.2, 0.25) is 0 Å². The number of pyridine rings is 1. The van der Waals surface area contributed by atoms with Crippen molar-refractivity contribution in [2.24, 2.45) is 0 Å². The van der Waals surface area contributed by atoms with Gasteiger partial charge in [-0.25, -0.2) is 14.8 Å². The predicted molar refractivity (Wildman–Crippen MR) is 115 cm³/mol. The molecule has 1 amide bonds. The Kier molecular flexibility index (Phi) is 6.94. The van der Waals surface area contributed by atoms with Crippen molar-refractivity contribution >= 4 is 23.2 Å². The Bertz CT molecular complexity index is 1330. The zero-order chi connectivity index (χ0) is 25.0. The smallest absolute Gasteiger partial charge is 0.475 e. The minimum Gasteiger partial charge on any atom is -0.475 e. The van der Waals surface area contributed by atoms with E-state index in [1.165, 1.54) is 0 Å². The van der Waals surface area contributed by atoms with E-state index in [1.54, 1.807) is 31.0 Å². The lowest BCUT2D eigenvalue weighted by Gasteiger charge is -2.09. The molecule has 0 saturated carbocycles. The van der Waals surface area contributed by atoms with Gasteiger partial charge in [0.15, 0.2) is 11.5 Å². The number of imidazole rings is 1. The third-order valence-electron chi connectivity index (χ3n) is 4.53. The van der Waals surface area contributed by atoms with E-state index < -0.39 is 12.1 Å². The number of carbonyl (C=O) groups is 2. The molecule has 4 heterocycles. The third kappa shape index (κ3) is 5.19. The predicted octanol–water partition coefficient (Wildman–Crippen LogP) is 3.76. The quantitative estimate of drug-likeness (QED) is 0.460. The van der Waals surface area contributed by atoms with Crippen LogP contribution in [0.5, 0.6) is 0 Å². The van der Waals surface area contributed by atoms with Crippen molar-refractivity contribution in [3.8, 4) is 11.5 Å². The molecule has 0 aliphatic carbocycles. The van der Waals surface area contributed by atoms with Crippen molar-refractivity contribution in [1.29, 1.82) is 0 Å². The number of carboxylic acid groups (broad SMARTS) is 1. The van der Waals surface area contributed by atoms with Gasteiger partial charge < -0.3 is 10.4 Å². The molecule has 4 aromatic rings. The topological polar surface area (TPSA) is 127 Å². The average molecular weight is 475 g/mol. The maximum Gasteiger partial charge on any atom is 0.490 e. The second-order valence-corrected chi connectivity index (χ2v) is 7.30. The highest BCUT2D eigenvalue weighted by Gasteiger charge is 2.38. The summed E-state index contributed by atoms with van der Waals surface area (Å²) in [7, 11) is 0. The van der Waals surface area contributed by atoms with Crippen LogP contribution in [0.15, 0.2) is 49.2 Å². The van der Waals surface area contributed by atoms with Gasteiger partial charge in [-0.15, -0.1) is 0 Å². The van der Waals surface area contributed by atoms with E-state index >= 15 is 0 Å². The van der Waals surface area contributed by atoms with Crippen LogP contribution < -0.4 is 5.32 Å². The molecular weight excluding hydrogens is 455 g/mol. The van der Waals surface area contributed by atoms with Gasteiger partial charge in [-0.2, -0.15) is 18.3 Å². The lowest BCUT2D eigenvalue weighted by atomic mass is 10.3. The number of nitrogens with zero attached hydrogens (tertiary/aromatic N) is 6. The van der Waals surface area contributed by atoms with Gasteiger partial charge in [0.1, 0.15) is 11.5 Å². The molecule has 0 atom stereocenters. The Balaban J connectivity index is 0.000000406. The summed E-state index contributed by atoms with van der Waals surface area (Å²) in [5.74, 6) is -1.93. The standard InChI is InChI=1S/C19H19N7O.C2HF3O2/c1-12(2)26-14(6-8-22-26)18-23-16(15-11-20-9-10-25(15)18)19(27)24-17-13(3)5-4-7-21-17;3-2(4,5)1(6)7/h4-12H,1-3H3,(H,21,24,27);(H,6,7). The Labute approximate surface area is 191 Å². The van der Waals surface area contributed by atoms with Crippen LogP contribution in [0.1, 0.15) is 35.9 Å². The molecule has 178 valence electrons. The van der Waals surface area contributed by atoms with Gasteiger partial charge in [-0.1, -0.05) is 6.07 Å². The number of anilines is 1. The van der Waals surface area contributed by atoms with Gasteiger partial charge in [0, 0.05) is 30.8 Å². The molecular formula is C21H20F3N7O3. The van der Waals surface area contributed by atoms with Gasteiger partial charge >= 0.3 is 12.1 Å². The van der Waals surface area contributed by atoms with Crippen LogP contribution in [0.25, 0.3) is 17.0 Å². The molecule has 2 N–H and O–H groups in total. The first-order valence-electron chi connectivity index (χ1n) is 9.89. The minimum atomic E-state index is -5.08. The van der Waals surface area contributed by atoms with Gasteiger partial charge in [0.05, 0.1) is 11.7 Å². The third-order valence-corrected chi connectivity index (χ3v) is 4.53. The Morgan fingerprint density at radius 3 is 2.47 bits per heavy atom. The number of hydrogen-bond donors (Lipinski definition) is 2. The van der Waals surface area contributed by atoms with Crippen LogP contribution >= 0.6 is 0 Å². The van der Waals surface area contributed by atoms with E-state index in [9.17, 15) is 18.0 Å². The summed E-state index contributed by atoms with van der Waals surface area (Å²) in [6.07, 6.45) is 3.38. The molecule has 10 nitrogen and oxygen atoms in total. The molecule has 0 radical (unpaired) electrons. The summed E-state index contributed by atoms with van der Waals surface area (Å²) in [4.78, 5) is 34.8. The van der Waals surface area contributed by atoms with Crippen molar-refractivity contribution < 1.29 is 27.9 Å². The molecule has 34 heavy (non-hydrogen) atoms. The number of rotatable bonds is 4. The second-order valence-electron chi connectivity index (χ2n) is 7.30. The van der Waals surface area contributed by atoms with E-state index in [4.69, 9.17) is 9.90 Å². The number of nitrogens with one attached hydrogen (secondary N) is 1. The zero-order valence-electron chi connectivity index (χ0n) is 18.3. The summed E-state index contributed by atoms with van der Waals surface area (Å²) in [5.41, 5.74) is 2.62. The van der Waals surface area contributed by atoms with Gasteiger partial charge in [0.25, 0.3) is 5.91 Å². The number of aryl methyl sites for hydroxylation is 1. The minimum absolute atomic E-state index is 0.164. The second kappa shape index (κ2) is 9.68. The average Bonchev–Trinajstić information content (AvgIpc) is 3.40. The highest BCUT2D eigenvalue weighted by atomic mass is 19.4. The van der Waals surface area contributed by atoms with Gasteiger partial charge in [0.2, 0.25) is 0 Å². The summed E-state index contributed by atoms with van der Waals surface area (Å²) in [6, 6.07) is 5.77. The monoisotopic (exact) mass is 475 g/mol. The summed E-state index contributed by atoms with van der Waals surface area (Å²) in [6.45, 7) is 5.98. The van der Waals surface area contributed by atoms with Crippen molar-refractivity contribution in [2.75, 3.05) is 5.32 Å². The normalized spacial score (nSPS) is 11.3. The van der Waals surface area contributed by atoms with Crippen LogP contribution in [0, 0.1) is 6.92 Å². The van der Waals surface area contributed by atoms with Gasteiger partial charge in [-0.05, 0) is 38.5 Å². The van der Waals surface area contributed by atoms with Crippen molar-refractivity contribution in [2.45, 2.75) is 33.0 Å². The van der Waals surface area contributed by atoms with E-state index in [1.807, 2.05) is 48.1 Å². The Morgan fingerprint density at radius 2 is 1.85 bits per heavy atom. The molecule has 0 unspecified atom stereocenters. The number of halogens is 3. The SMILES string of the molecule is Cc1cccnc1NC(=O)c1nc(-c2ccnn2C(C)C)n2ccncc12.O=C(O)C(F)(F)F. The molecule has 0 aliphatic rings. The largest absolute Gasteiger partial charge is 0.490 e. The molecule has 0 fully saturated rings. The first-order valence-corrected chi connectivity index (χ1v) is 9.89. The highest BCUT2D eigenvalue weighted by Crippen LogP contribution is 2.25.